The molecule has 8 aliphatic heterocycles. The van der Waals surface area contributed by atoms with Crippen LogP contribution in [-0.4, -0.2) is 98.6 Å². The van der Waals surface area contributed by atoms with E-state index in [1.807, 2.05) is 0 Å². The number of benzene rings is 4. The molecule has 0 amide bonds. The molecule has 8 nitrogen and oxygen atoms in total. The quantitative estimate of drug-likeness (QED) is 0.216. The Morgan fingerprint density at radius 1 is 0.404 bits per heavy atom. The number of fused-ring (bicyclic) bond motifs is 13. The Morgan fingerprint density at radius 3 is 1.23 bits per heavy atom. The summed E-state index contributed by atoms with van der Waals surface area (Å²) in [7, 11) is 9.33. The fraction of sp³-hybridized carbons (Fsp3) is 0.455. The van der Waals surface area contributed by atoms with Crippen LogP contribution in [0.3, 0.4) is 0 Å². The molecule has 8 atom stereocenters. The summed E-state index contributed by atoms with van der Waals surface area (Å²) in [6, 6.07) is 33.0. The molecule has 12 rings (SSSR count). The molecule has 4 N–H and O–H groups in total. The Morgan fingerprint density at radius 2 is 0.769 bits per heavy atom. The number of likely N-dealkylation sites (N-methyl/N-ethyl adjacent to an activating group) is 4. The lowest BCUT2D eigenvalue weighted by atomic mass is 9.54. The SMILES string of the molecule is CN1CC[C@]2(c3cccc4c3N[C@@H]3N(C)CC[C@]43[C@@]34CCN(C)[C@@H]3Nc3c([C@]56CCN(C)C5Nc5ccccc56)cccc34)c3ccccc3NC12. The first-order valence-corrected chi connectivity index (χ1v) is 19.7. The van der Waals surface area contributed by atoms with E-state index in [4.69, 9.17) is 0 Å². The lowest BCUT2D eigenvalue weighted by Crippen LogP contribution is -2.60. The second kappa shape index (κ2) is 9.91. The third kappa shape index (κ3) is 3.17. The van der Waals surface area contributed by atoms with E-state index in [2.05, 4.69) is 154 Å². The highest BCUT2D eigenvalue weighted by molar-refractivity contribution is 5.81. The van der Waals surface area contributed by atoms with Crippen molar-refractivity contribution in [1.29, 1.82) is 0 Å². The fourth-order valence-corrected chi connectivity index (χ4v) is 13.8. The molecular formula is C44H50N8. The van der Waals surface area contributed by atoms with Crippen LogP contribution in [0.15, 0.2) is 84.9 Å². The lowest BCUT2D eigenvalue weighted by molar-refractivity contribution is 0.147. The maximum absolute atomic E-state index is 4.36. The van der Waals surface area contributed by atoms with Gasteiger partial charge in [-0.15, -0.1) is 0 Å². The molecule has 0 radical (unpaired) electrons. The van der Waals surface area contributed by atoms with Gasteiger partial charge < -0.3 is 21.3 Å². The summed E-state index contributed by atoms with van der Waals surface area (Å²) in [5, 5.41) is 16.7. The van der Waals surface area contributed by atoms with Crippen molar-refractivity contribution in [2.24, 2.45) is 0 Å². The van der Waals surface area contributed by atoms with Gasteiger partial charge in [0.25, 0.3) is 0 Å². The number of rotatable bonds is 3. The van der Waals surface area contributed by atoms with Crippen LogP contribution in [0.5, 0.6) is 0 Å². The summed E-state index contributed by atoms with van der Waals surface area (Å²) >= 11 is 0. The van der Waals surface area contributed by atoms with E-state index in [0.29, 0.717) is 0 Å². The largest absolute Gasteiger partial charge is 0.368 e. The number of nitrogens with zero attached hydrogens (tertiary/aromatic N) is 4. The highest BCUT2D eigenvalue weighted by atomic mass is 15.4. The molecule has 0 spiro atoms. The van der Waals surface area contributed by atoms with Gasteiger partial charge in [0.1, 0.15) is 0 Å². The Hall–Kier alpha value is -4.08. The van der Waals surface area contributed by atoms with Crippen molar-refractivity contribution in [3.05, 3.63) is 118 Å². The number of hydrogen-bond acceptors (Lipinski definition) is 8. The first-order valence-electron chi connectivity index (χ1n) is 19.7. The van der Waals surface area contributed by atoms with E-state index in [-0.39, 0.29) is 46.3 Å². The average molecular weight is 691 g/mol. The summed E-state index contributed by atoms with van der Waals surface area (Å²) < 4.78 is 0. The van der Waals surface area contributed by atoms with Gasteiger partial charge in [0.05, 0.1) is 35.5 Å². The van der Waals surface area contributed by atoms with Gasteiger partial charge in [-0.05, 0) is 99.4 Å². The molecule has 8 aliphatic rings. The number of nitrogens with one attached hydrogen (secondary N) is 4. The van der Waals surface area contributed by atoms with Crippen molar-refractivity contribution in [3.8, 4) is 0 Å². The van der Waals surface area contributed by atoms with Gasteiger partial charge >= 0.3 is 0 Å². The summed E-state index contributed by atoms with van der Waals surface area (Å²) in [6.07, 6.45) is 5.41. The summed E-state index contributed by atoms with van der Waals surface area (Å²) in [4.78, 5) is 10.4. The monoisotopic (exact) mass is 690 g/mol. The van der Waals surface area contributed by atoms with E-state index in [1.165, 1.54) is 56.1 Å². The molecule has 8 heterocycles. The Kier molecular flexibility index (Phi) is 5.79. The van der Waals surface area contributed by atoms with Crippen molar-refractivity contribution in [1.82, 2.24) is 19.6 Å². The van der Waals surface area contributed by atoms with Gasteiger partial charge in [0.2, 0.25) is 0 Å². The number of para-hydroxylation sites is 4. The molecular weight excluding hydrogens is 641 g/mol. The van der Waals surface area contributed by atoms with Crippen LogP contribution >= 0.6 is 0 Å². The molecule has 4 aromatic rings. The Balaban J connectivity index is 1.09. The second-order valence-electron chi connectivity index (χ2n) is 17.5. The van der Waals surface area contributed by atoms with Crippen LogP contribution in [0.4, 0.5) is 22.7 Å². The minimum absolute atomic E-state index is 0.100. The van der Waals surface area contributed by atoms with Crippen molar-refractivity contribution in [2.75, 3.05) is 75.6 Å². The van der Waals surface area contributed by atoms with Crippen molar-refractivity contribution in [3.63, 3.8) is 0 Å². The Labute approximate surface area is 307 Å². The van der Waals surface area contributed by atoms with E-state index in [0.717, 1.165) is 51.9 Å². The lowest BCUT2D eigenvalue weighted by Gasteiger charge is -2.48. The van der Waals surface area contributed by atoms with Crippen LogP contribution in [0.1, 0.15) is 59.1 Å². The molecule has 4 saturated heterocycles. The number of likely N-dealkylation sites (tertiary alicyclic amines) is 4. The van der Waals surface area contributed by atoms with Crippen LogP contribution in [0.25, 0.3) is 0 Å². The Bertz CT molecular complexity index is 2030. The zero-order chi connectivity index (χ0) is 34.8. The molecule has 52 heavy (non-hydrogen) atoms. The van der Waals surface area contributed by atoms with E-state index in [9.17, 15) is 0 Å². The summed E-state index contributed by atoms with van der Waals surface area (Å²) in [5.74, 6) is 0. The molecule has 4 fully saturated rings. The highest BCUT2D eigenvalue weighted by Crippen LogP contribution is 2.69. The topological polar surface area (TPSA) is 61.1 Å². The van der Waals surface area contributed by atoms with Crippen LogP contribution in [-0.2, 0) is 21.7 Å². The third-order valence-corrected chi connectivity index (χ3v) is 15.9. The normalized spacial score (nSPS) is 38.0. The number of hydrogen-bond donors (Lipinski definition) is 4. The van der Waals surface area contributed by atoms with Gasteiger partial charge in [-0.2, -0.15) is 0 Å². The molecule has 0 aromatic heterocycles. The third-order valence-electron chi connectivity index (χ3n) is 15.9. The standard InChI is InChI=1S/C44H50N8/c1-49-23-19-41(27-11-5-7-17-33(27)45-37(41)49)29-13-9-15-31-35(29)47-39-43(31,21-25-51(39)3)44-22-26-52(4)40(44)48-36-30(14-10-16-32(36)44)42-20-24-50(2)38(42)46-34-18-8-6-12-28(34)42/h5-18,37-40,45-48H,19-26H2,1-4H3/t37?,38?,39-,40+,41-,42-,43+,44-/m1/s1. The van der Waals surface area contributed by atoms with Gasteiger partial charge in [-0.25, -0.2) is 0 Å². The zero-order valence-corrected chi connectivity index (χ0v) is 30.8. The summed E-state index contributed by atoms with van der Waals surface area (Å²) in [6.45, 7) is 4.33. The van der Waals surface area contributed by atoms with E-state index >= 15 is 0 Å². The van der Waals surface area contributed by atoms with Gasteiger partial charge in [0, 0.05) is 59.8 Å². The first kappa shape index (κ1) is 30.4. The minimum atomic E-state index is -0.101. The summed E-state index contributed by atoms with van der Waals surface area (Å²) in [5.41, 5.74) is 13.9. The van der Waals surface area contributed by atoms with Crippen molar-refractivity contribution >= 4 is 22.7 Å². The molecule has 8 heteroatoms. The smallest absolute Gasteiger partial charge is 0.0933 e. The first-order chi connectivity index (χ1) is 25.4. The average Bonchev–Trinajstić information content (AvgIpc) is 4.03. The molecule has 4 aromatic carbocycles. The van der Waals surface area contributed by atoms with Crippen LogP contribution in [0, 0.1) is 0 Å². The fourth-order valence-electron chi connectivity index (χ4n) is 13.8. The molecule has 0 bridgehead atoms. The van der Waals surface area contributed by atoms with Gasteiger partial charge in [-0.3, -0.25) is 19.6 Å². The maximum Gasteiger partial charge on any atom is 0.0933 e. The van der Waals surface area contributed by atoms with Crippen molar-refractivity contribution < 1.29 is 0 Å². The zero-order valence-electron chi connectivity index (χ0n) is 30.8. The van der Waals surface area contributed by atoms with Crippen molar-refractivity contribution in [2.45, 2.75) is 72.0 Å². The minimum Gasteiger partial charge on any atom is -0.368 e. The van der Waals surface area contributed by atoms with E-state index in [1.54, 1.807) is 0 Å². The van der Waals surface area contributed by atoms with Crippen LogP contribution < -0.4 is 21.3 Å². The van der Waals surface area contributed by atoms with E-state index < -0.39 is 0 Å². The highest BCUT2D eigenvalue weighted by Gasteiger charge is 2.72. The van der Waals surface area contributed by atoms with Crippen LogP contribution in [0.2, 0.25) is 0 Å². The number of anilines is 4. The predicted molar refractivity (Wildman–Crippen MR) is 209 cm³/mol. The predicted octanol–water partition coefficient (Wildman–Crippen LogP) is 5.78. The molecule has 0 aliphatic carbocycles. The molecule has 0 saturated carbocycles. The van der Waals surface area contributed by atoms with Gasteiger partial charge in [-0.1, -0.05) is 72.8 Å². The second-order valence-corrected chi connectivity index (χ2v) is 17.5. The maximum atomic E-state index is 4.36. The van der Waals surface area contributed by atoms with Gasteiger partial charge in [0.15, 0.2) is 0 Å². The molecule has 2 unspecified atom stereocenters. The molecule has 266 valence electrons.